The van der Waals surface area contributed by atoms with Crippen LogP contribution in [0.3, 0.4) is 0 Å². The molecule has 0 saturated heterocycles. The van der Waals surface area contributed by atoms with Gasteiger partial charge in [0.1, 0.15) is 12.4 Å². The van der Waals surface area contributed by atoms with E-state index >= 15 is 0 Å². The number of hydrogen-bond donors (Lipinski definition) is 0. The molecule has 0 saturated carbocycles. The Labute approximate surface area is 120 Å². The fourth-order valence-corrected chi connectivity index (χ4v) is 2.08. The molecule has 0 bridgehead atoms. The summed E-state index contributed by atoms with van der Waals surface area (Å²) < 4.78 is 16.2. The number of halogens is 2. The van der Waals surface area contributed by atoms with Crippen LogP contribution in [0.1, 0.15) is 5.56 Å². The Kier molecular flexibility index (Phi) is 3.40. The predicted molar refractivity (Wildman–Crippen MR) is 73.4 cm³/mol. The lowest BCUT2D eigenvalue weighted by atomic mass is 10.2. The van der Waals surface area contributed by atoms with E-state index in [-0.39, 0.29) is 6.79 Å². The van der Waals surface area contributed by atoms with Gasteiger partial charge >= 0.3 is 0 Å². The Morgan fingerprint density at radius 1 is 0.947 bits per heavy atom. The van der Waals surface area contributed by atoms with E-state index in [0.717, 1.165) is 17.1 Å². The highest BCUT2D eigenvalue weighted by atomic mass is 35.5. The second-order valence-electron chi connectivity index (χ2n) is 4.05. The molecule has 98 valence electrons. The fraction of sp³-hybridized carbons (Fsp3) is 0.143. The maximum Gasteiger partial charge on any atom is 0.231 e. The summed E-state index contributed by atoms with van der Waals surface area (Å²) in [5, 5.41) is 1.06. The molecule has 0 amide bonds. The molecule has 0 aliphatic carbocycles. The zero-order chi connectivity index (χ0) is 13.2. The molecule has 0 radical (unpaired) electrons. The molecule has 0 unspecified atom stereocenters. The fourth-order valence-electron chi connectivity index (χ4n) is 1.76. The molecule has 0 N–H and O–H groups in total. The van der Waals surface area contributed by atoms with Crippen molar-refractivity contribution >= 4 is 23.2 Å². The molecule has 3 nitrogen and oxygen atoms in total. The van der Waals surface area contributed by atoms with E-state index in [1.165, 1.54) is 0 Å². The second kappa shape index (κ2) is 5.19. The first-order valence-electron chi connectivity index (χ1n) is 5.69. The lowest BCUT2D eigenvalue weighted by Crippen LogP contribution is -1.95. The van der Waals surface area contributed by atoms with Gasteiger partial charge in [-0.2, -0.15) is 0 Å². The Morgan fingerprint density at radius 2 is 1.79 bits per heavy atom. The molecule has 2 aromatic rings. The van der Waals surface area contributed by atoms with Crippen molar-refractivity contribution in [3.05, 3.63) is 52.0 Å². The maximum atomic E-state index is 5.95. The highest BCUT2D eigenvalue weighted by Crippen LogP contribution is 2.35. The number of ether oxygens (including phenoxy) is 3. The smallest absolute Gasteiger partial charge is 0.231 e. The van der Waals surface area contributed by atoms with Crippen molar-refractivity contribution in [3.63, 3.8) is 0 Å². The van der Waals surface area contributed by atoms with Crippen molar-refractivity contribution in [2.75, 3.05) is 6.79 Å². The van der Waals surface area contributed by atoms with Crippen LogP contribution in [-0.2, 0) is 6.61 Å². The first-order valence-corrected chi connectivity index (χ1v) is 6.44. The number of fused-ring (bicyclic) bond motifs is 1. The van der Waals surface area contributed by atoms with E-state index in [2.05, 4.69) is 0 Å². The van der Waals surface area contributed by atoms with E-state index in [1.54, 1.807) is 18.2 Å². The van der Waals surface area contributed by atoms with Crippen LogP contribution in [0, 0.1) is 0 Å². The molecule has 5 heteroatoms. The zero-order valence-electron chi connectivity index (χ0n) is 9.86. The van der Waals surface area contributed by atoms with Gasteiger partial charge in [0.05, 0.1) is 10.0 Å². The van der Waals surface area contributed by atoms with Crippen LogP contribution in [0.15, 0.2) is 36.4 Å². The summed E-state index contributed by atoms with van der Waals surface area (Å²) in [4.78, 5) is 0. The van der Waals surface area contributed by atoms with Crippen LogP contribution >= 0.6 is 23.2 Å². The minimum atomic E-state index is 0.256. The van der Waals surface area contributed by atoms with Gasteiger partial charge in [0.2, 0.25) is 6.79 Å². The third-order valence-corrected chi connectivity index (χ3v) is 3.47. The van der Waals surface area contributed by atoms with Crippen LogP contribution < -0.4 is 14.2 Å². The van der Waals surface area contributed by atoms with Crippen LogP contribution in [0.4, 0.5) is 0 Å². The normalized spacial score (nSPS) is 12.5. The van der Waals surface area contributed by atoms with Crippen molar-refractivity contribution in [2.24, 2.45) is 0 Å². The number of rotatable bonds is 3. The molecule has 3 rings (SSSR count). The van der Waals surface area contributed by atoms with Gasteiger partial charge in [-0.25, -0.2) is 0 Å². The van der Waals surface area contributed by atoms with Crippen molar-refractivity contribution in [3.8, 4) is 17.2 Å². The predicted octanol–water partition coefficient (Wildman–Crippen LogP) is 4.30. The first-order chi connectivity index (χ1) is 9.22. The van der Waals surface area contributed by atoms with Gasteiger partial charge in [0, 0.05) is 6.07 Å². The Morgan fingerprint density at radius 3 is 2.63 bits per heavy atom. The van der Waals surface area contributed by atoms with Crippen molar-refractivity contribution in [1.82, 2.24) is 0 Å². The third-order valence-electron chi connectivity index (χ3n) is 2.73. The van der Waals surface area contributed by atoms with Crippen LogP contribution in [0.25, 0.3) is 0 Å². The van der Waals surface area contributed by atoms with Gasteiger partial charge in [0.15, 0.2) is 11.5 Å². The summed E-state index contributed by atoms with van der Waals surface area (Å²) >= 11 is 11.8. The Hall–Kier alpha value is -1.58. The molecule has 0 fully saturated rings. The molecule has 1 aliphatic rings. The average molecular weight is 297 g/mol. The van der Waals surface area contributed by atoms with Crippen LogP contribution in [0.2, 0.25) is 10.0 Å². The number of hydrogen-bond acceptors (Lipinski definition) is 3. The Bertz CT molecular complexity index is 614. The van der Waals surface area contributed by atoms with Crippen molar-refractivity contribution in [1.29, 1.82) is 0 Å². The highest BCUT2D eigenvalue weighted by molar-refractivity contribution is 6.42. The minimum absolute atomic E-state index is 0.256. The average Bonchev–Trinajstić information content (AvgIpc) is 2.87. The summed E-state index contributed by atoms with van der Waals surface area (Å²) in [7, 11) is 0. The molecular weight excluding hydrogens is 287 g/mol. The van der Waals surface area contributed by atoms with E-state index in [0.29, 0.717) is 22.4 Å². The summed E-state index contributed by atoms with van der Waals surface area (Å²) in [6, 6.07) is 10.9. The summed E-state index contributed by atoms with van der Waals surface area (Å²) in [5.41, 5.74) is 0.951. The molecule has 0 aromatic heterocycles. The molecular formula is C14H10Cl2O3. The topological polar surface area (TPSA) is 27.7 Å². The molecule has 19 heavy (non-hydrogen) atoms. The van der Waals surface area contributed by atoms with E-state index < -0.39 is 0 Å². The van der Waals surface area contributed by atoms with E-state index in [1.807, 2.05) is 18.2 Å². The Balaban J connectivity index is 1.70. The van der Waals surface area contributed by atoms with Crippen LogP contribution in [-0.4, -0.2) is 6.79 Å². The van der Waals surface area contributed by atoms with Gasteiger partial charge in [-0.15, -0.1) is 0 Å². The molecule has 0 atom stereocenters. The number of benzene rings is 2. The first kappa shape index (κ1) is 12.5. The third kappa shape index (κ3) is 2.72. The van der Waals surface area contributed by atoms with E-state index in [9.17, 15) is 0 Å². The molecule has 0 spiro atoms. The van der Waals surface area contributed by atoms with Crippen molar-refractivity contribution < 1.29 is 14.2 Å². The lowest BCUT2D eigenvalue weighted by molar-refractivity contribution is 0.173. The maximum absolute atomic E-state index is 5.95. The largest absolute Gasteiger partial charge is 0.489 e. The second-order valence-corrected chi connectivity index (χ2v) is 4.87. The van der Waals surface area contributed by atoms with Gasteiger partial charge in [-0.3, -0.25) is 0 Å². The summed E-state index contributed by atoms with van der Waals surface area (Å²) in [6.45, 7) is 0.669. The highest BCUT2D eigenvalue weighted by Gasteiger charge is 2.13. The monoisotopic (exact) mass is 296 g/mol. The molecule has 1 aliphatic heterocycles. The van der Waals surface area contributed by atoms with Gasteiger partial charge < -0.3 is 14.2 Å². The summed E-state index contributed by atoms with van der Waals surface area (Å²) in [5.74, 6) is 2.16. The van der Waals surface area contributed by atoms with Gasteiger partial charge in [-0.05, 0) is 29.8 Å². The lowest BCUT2D eigenvalue weighted by Gasteiger charge is -2.07. The van der Waals surface area contributed by atoms with Gasteiger partial charge in [0.25, 0.3) is 0 Å². The van der Waals surface area contributed by atoms with Gasteiger partial charge in [-0.1, -0.05) is 29.3 Å². The molecule has 2 aromatic carbocycles. The minimum Gasteiger partial charge on any atom is -0.489 e. The quantitative estimate of drug-likeness (QED) is 0.845. The standard InChI is InChI=1S/C14H10Cl2O3/c15-11-3-1-9(5-12(11)16)7-17-10-2-4-13-14(6-10)19-8-18-13/h1-6H,7-8H2. The zero-order valence-corrected chi connectivity index (χ0v) is 11.4. The SMILES string of the molecule is Clc1ccc(COc2ccc3c(c2)OCO3)cc1Cl. The summed E-state index contributed by atoms with van der Waals surface area (Å²) in [6.07, 6.45) is 0. The molecule has 1 heterocycles. The van der Waals surface area contributed by atoms with Crippen LogP contribution in [0.5, 0.6) is 17.2 Å². The van der Waals surface area contributed by atoms with Crippen molar-refractivity contribution in [2.45, 2.75) is 6.61 Å². The van der Waals surface area contributed by atoms with E-state index in [4.69, 9.17) is 37.4 Å².